The maximum Gasteiger partial charge on any atom is 0.255 e. The summed E-state index contributed by atoms with van der Waals surface area (Å²) < 4.78 is 1.74. The van der Waals surface area contributed by atoms with E-state index in [1.165, 1.54) is 5.56 Å². The smallest absolute Gasteiger partial charge is 0.255 e. The van der Waals surface area contributed by atoms with Gasteiger partial charge in [0, 0.05) is 6.54 Å². The van der Waals surface area contributed by atoms with Crippen molar-refractivity contribution in [2.45, 2.75) is 39.2 Å². The molecule has 6 nitrogen and oxygen atoms in total. The topological polar surface area (TPSA) is 76.0 Å². The molecule has 1 aromatic heterocycles. The van der Waals surface area contributed by atoms with Crippen LogP contribution in [-0.4, -0.2) is 34.2 Å². The molecule has 2 heterocycles. The predicted molar refractivity (Wildman–Crippen MR) is 91.2 cm³/mol. The third kappa shape index (κ3) is 3.32. The van der Waals surface area contributed by atoms with E-state index in [2.05, 4.69) is 15.7 Å². The number of amides is 2. The summed E-state index contributed by atoms with van der Waals surface area (Å²) in [5.74, 6) is -0.364. The van der Waals surface area contributed by atoms with Crippen molar-refractivity contribution in [3.63, 3.8) is 0 Å². The van der Waals surface area contributed by atoms with Crippen LogP contribution in [0.4, 0.5) is 0 Å². The lowest BCUT2D eigenvalue weighted by molar-refractivity contribution is -0.122. The molecule has 0 radical (unpaired) electrons. The molecule has 126 valence electrons. The van der Waals surface area contributed by atoms with Crippen LogP contribution < -0.4 is 10.6 Å². The molecular weight excluding hydrogens is 304 g/mol. The second-order valence-electron chi connectivity index (χ2n) is 6.20. The van der Waals surface area contributed by atoms with Crippen LogP contribution in [0.25, 0.3) is 5.69 Å². The second kappa shape index (κ2) is 6.86. The molecule has 6 heteroatoms. The highest BCUT2D eigenvalue weighted by Gasteiger charge is 2.24. The quantitative estimate of drug-likeness (QED) is 0.904. The van der Waals surface area contributed by atoms with Crippen molar-refractivity contribution >= 4 is 11.8 Å². The molecule has 1 unspecified atom stereocenters. The summed E-state index contributed by atoms with van der Waals surface area (Å²) in [5.41, 5.74) is 3.32. The lowest BCUT2D eigenvalue weighted by atomic mass is 10.1. The van der Waals surface area contributed by atoms with Gasteiger partial charge in [0.05, 0.1) is 23.1 Å². The SMILES string of the molecule is Cc1ccc(-n2ncc(C(=O)NC3CCCCNC3=O)c2C)cc1. The molecule has 1 fully saturated rings. The van der Waals surface area contributed by atoms with Gasteiger partial charge in [-0.15, -0.1) is 0 Å². The fourth-order valence-electron chi connectivity index (χ4n) is 2.89. The largest absolute Gasteiger partial charge is 0.354 e. The standard InChI is InChI=1S/C18H22N4O2/c1-12-6-8-14(9-7-12)22-13(2)15(11-20-22)17(23)21-16-5-3-4-10-19-18(16)24/h6-9,11,16H,3-5,10H2,1-2H3,(H,19,24)(H,21,23). The fourth-order valence-corrected chi connectivity index (χ4v) is 2.89. The molecule has 1 saturated heterocycles. The summed E-state index contributed by atoms with van der Waals surface area (Å²) in [7, 11) is 0. The van der Waals surface area contributed by atoms with Gasteiger partial charge in [0.25, 0.3) is 5.91 Å². The number of nitrogens with zero attached hydrogens (tertiary/aromatic N) is 2. The molecule has 24 heavy (non-hydrogen) atoms. The van der Waals surface area contributed by atoms with Gasteiger partial charge in [0.15, 0.2) is 0 Å². The van der Waals surface area contributed by atoms with Crippen LogP contribution in [0.5, 0.6) is 0 Å². The van der Waals surface area contributed by atoms with E-state index in [1.54, 1.807) is 10.9 Å². The number of benzene rings is 1. The summed E-state index contributed by atoms with van der Waals surface area (Å²) in [6, 6.07) is 7.48. The van der Waals surface area contributed by atoms with Crippen LogP contribution in [0.2, 0.25) is 0 Å². The number of carbonyl (C=O) groups is 2. The second-order valence-corrected chi connectivity index (χ2v) is 6.20. The Morgan fingerprint density at radius 1 is 1.25 bits per heavy atom. The average molecular weight is 326 g/mol. The van der Waals surface area contributed by atoms with Crippen LogP contribution in [0.15, 0.2) is 30.5 Å². The fraction of sp³-hybridized carbons (Fsp3) is 0.389. The Balaban J connectivity index is 1.78. The molecule has 1 aliphatic heterocycles. The van der Waals surface area contributed by atoms with Gasteiger partial charge in [-0.3, -0.25) is 9.59 Å². The monoisotopic (exact) mass is 326 g/mol. The molecule has 0 spiro atoms. The summed E-state index contributed by atoms with van der Waals surface area (Å²) in [6.45, 7) is 4.56. The van der Waals surface area contributed by atoms with Crippen LogP contribution in [0.3, 0.4) is 0 Å². The van der Waals surface area contributed by atoms with Crippen LogP contribution in [0.1, 0.15) is 40.9 Å². The van der Waals surface area contributed by atoms with Gasteiger partial charge in [0.2, 0.25) is 5.91 Å². The summed E-state index contributed by atoms with van der Waals surface area (Å²) in [5, 5.41) is 9.99. The van der Waals surface area contributed by atoms with Gasteiger partial charge >= 0.3 is 0 Å². The number of aryl methyl sites for hydroxylation is 1. The predicted octanol–water partition coefficient (Wildman–Crippen LogP) is 1.89. The molecular formula is C18H22N4O2. The number of hydrogen-bond acceptors (Lipinski definition) is 3. The van der Waals surface area contributed by atoms with Gasteiger partial charge < -0.3 is 10.6 Å². The Bertz CT molecular complexity index is 749. The van der Waals surface area contributed by atoms with Crippen molar-refractivity contribution in [2.24, 2.45) is 0 Å². The van der Waals surface area contributed by atoms with E-state index in [0.717, 1.165) is 24.2 Å². The first kappa shape index (κ1) is 16.2. The Hall–Kier alpha value is -2.63. The van der Waals surface area contributed by atoms with Crippen molar-refractivity contribution < 1.29 is 9.59 Å². The van der Waals surface area contributed by atoms with Crippen molar-refractivity contribution in [1.82, 2.24) is 20.4 Å². The van der Waals surface area contributed by atoms with Crippen molar-refractivity contribution in [1.29, 1.82) is 0 Å². The first-order valence-corrected chi connectivity index (χ1v) is 8.26. The first-order chi connectivity index (χ1) is 11.6. The highest BCUT2D eigenvalue weighted by Crippen LogP contribution is 2.15. The molecule has 1 aliphatic rings. The van der Waals surface area contributed by atoms with E-state index in [0.29, 0.717) is 18.5 Å². The van der Waals surface area contributed by atoms with Crippen molar-refractivity contribution in [3.05, 3.63) is 47.3 Å². The highest BCUT2D eigenvalue weighted by molar-refractivity contribution is 5.98. The highest BCUT2D eigenvalue weighted by atomic mass is 16.2. The molecule has 2 amide bonds. The maximum absolute atomic E-state index is 12.5. The van der Waals surface area contributed by atoms with Gasteiger partial charge in [-0.2, -0.15) is 5.10 Å². The molecule has 2 N–H and O–H groups in total. The Kier molecular flexibility index (Phi) is 4.64. The van der Waals surface area contributed by atoms with E-state index >= 15 is 0 Å². The normalized spacial score (nSPS) is 17.9. The molecule has 2 aromatic rings. The third-order valence-electron chi connectivity index (χ3n) is 4.37. The van der Waals surface area contributed by atoms with Crippen LogP contribution in [-0.2, 0) is 4.79 Å². The molecule has 0 bridgehead atoms. The Morgan fingerprint density at radius 3 is 2.75 bits per heavy atom. The van der Waals surface area contributed by atoms with E-state index in [9.17, 15) is 9.59 Å². The van der Waals surface area contributed by atoms with Gasteiger partial charge in [-0.1, -0.05) is 17.7 Å². The molecule has 1 aromatic carbocycles. The summed E-state index contributed by atoms with van der Waals surface area (Å²) in [6.07, 6.45) is 4.09. The number of hydrogen-bond donors (Lipinski definition) is 2. The van der Waals surface area contributed by atoms with E-state index < -0.39 is 6.04 Å². The first-order valence-electron chi connectivity index (χ1n) is 8.26. The third-order valence-corrected chi connectivity index (χ3v) is 4.37. The zero-order valence-electron chi connectivity index (χ0n) is 14.0. The average Bonchev–Trinajstić information content (AvgIpc) is 2.84. The summed E-state index contributed by atoms with van der Waals surface area (Å²) >= 11 is 0. The molecule has 0 saturated carbocycles. The van der Waals surface area contributed by atoms with Gasteiger partial charge in [0.1, 0.15) is 6.04 Å². The minimum absolute atomic E-state index is 0.107. The van der Waals surface area contributed by atoms with Crippen molar-refractivity contribution in [2.75, 3.05) is 6.54 Å². The van der Waals surface area contributed by atoms with E-state index in [1.807, 2.05) is 38.1 Å². The van der Waals surface area contributed by atoms with Crippen molar-refractivity contribution in [3.8, 4) is 5.69 Å². The Labute approximate surface area is 141 Å². The molecule has 3 rings (SSSR count). The number of aromatic nitrogens is 2. The Morgan fingerprint density at radius 2 is 2.00 bits per heavy atom. The van der Waals surface area contributed by atoms with E-state index in [4.69, 9.17) is 0 Å². The lowest BCUT2D eigenvalue weighted by Crippen LogP contribution is -2.45. The molecule has 1 atom stereocenters. The zero-order valence-corrected chi connectivity index (χ0v) is 14.0. The number of rotatable bonds is 3. The number of carbonyl (C=O) groups excluding carboxylic acids is 2. The number of nitrogens with one attached hydrogen (secondary N) is 2. The van der Waals surface area contributed by atoms with Crippen LogP contribution >= 0.6 is 0 Å². The van der Waals surface area contributed by atoms with E-state index in [-0.39, 0.29) is 11.8 Å². The van der Waals surface area contributed by atoms with Crippen LogP contribution in [0, 0.1) is 13.8 Å². The maximum atomic E-state index is 12.5. The lowest BCUT2D eigenvalue weighted by Gasteiger charge is -2.15. The molecule has 0 aliphatic carbocycles. The summed E-state index contributed by atoms with van der Waals surface area (Å²) in [4.78, 5) is 24.5. The van der Waals surface area contributed by atoms with Gasteiger partial charge in [-0.05, 0) is 45.2 Å². The zero-order chi connectivity index (χ0) is 17.1. The minimum Gasteiger partial charge on any atom is -0.354 e. The van der Waals surface area contributed by atoms with Gasteiger partial charge in [-0.25, -0.2) is 4.68 Å². The minimum atomic E-state index is -0.470.